The van der Waals surface area contributed by atoms with E-state index in [1.54, 1.807) is 30.3 Å². The van der Waals surface area contributed by atoms with Gasteiger partial charge in [-0.15, -0.1) is 0 Å². The van der Waals surface area contributed by atoms with Gasteiger partial charge in [0.1, 0.15) is 18.7 Å². The SMILES string of the molecule is O=C(Cc1ccccc1)NC1C(=O)N2C(C(=O)OCc3ccc([N+](=O)[O-])cc3)CS(=O)(=O)[C@@H]12. The van der Waals surface area contributed by atoms with Crippen molar-refractivity contribution in [1.29, 1.82) is 0 Å². The summed E-state index contributed by atoms with van der Waals surface area (Å²) in [5, 5.41) is 11.8. The minimum Gasteiger partial charge on any atom is -0.459 e. The molecule has 1 N–H and O–H groups in total. The zero-order valence-electron chi connectivity index (χ0n) is 17.1. The number of hydrogen-bond acceptors (Lipinski definition) is 8. The third-order valence-corrected chi connectivity index (χ3v) is 7.51. The number of nitro groups is 1. The Hall–Kier alpha value is -3.80. The average Bonchev–Trinajstić information content (AvgIpc) is 3.04. The summed E-state index contributed by atoms with van der Waals surface area (Å²) in [5.74, 6) is -2.67. The number of β-lactam (4-membered cyclic amide) rings is 1. The minimum atomic E-state index is -3.87. The Morgan fingerprint density at radius 3 is 2.39 bits per heavy atom. The topological polar surface area (TPSA) is 153 Å². The van der Waals surface area contributed by atoms with Gasteiger partial charge in [-0.05, 0) is 23.3 Å². The lowest BCUT2D eigenvalue weighted by Gasteiger charge is -2.42. The molecule has 2 aliphatic rings. The molecule has 0 aliphatic carbocycles. The number of non-ortho nitro benzene ring substituents is 1. The van der Waals surface area contributed by atoms with Crippen LogP contribution in [-0.4, -0.2) is 59.2 Å². The van der Waals surface area contributed by atoms with Gasteiger partial charge < -0.3 is 15.0 Å². The van der Waals surface area contributed by atoms with E-state index < -0.39 is 55.8 Å². The first-order chi connectivity index (χ1) is 15.7. The molecule has 11 nitrogen and oxygen atoms in total. The molecule has 0 saturated carbocycles. The van der Waals surface area contributed by atoms with Crippen LogP contribution in [0.2, 0.25) is 0 Å². The Labute approximate surface area is 188 Å². The molecule has 0 aromatic heterocycles. The summed E-state index contributed by atoms with van der Waals surface area (Å²) in [6.07, 6.45) is -0.0158. The van der Waals surface area contributed by atoms with E-state index in [1.807, 2.05) is 0 Å². The van der Waals surface area contributed by atoms with E-state index in [-0.39, 0.29) is 18.7 Å². The largest absolute Gasteiger partial charge is 0.459 e. The zero-order chi connectivity index (χ0) is 23.8. The maximum absolute atomic E-state index is 12.6. The smallest absolute Gasteiger partial charge is 0.330 e. The number of nitrogens with one attached hydrogen (secondary N) is 1. The lowest BCUT2D eigenvalue weighted by atomic mass is 10.0. The molecule has 2 amide bonds. The number of hydrogen-bond donors (Lipinski definition) is 1. The summed E-state index contributed by atoms with van der Waals surface area (Å²) in [7, 11) is -3.87. The second kappa shape index (κ2) is 8.62. The average molecular weight is 473 g/mol. The quantitative estimate of drug-likeness (QED) is 0.261. The molecular weight excluding hydrogens is 454 g/mol. The highest BCUT2D eigenvalue weighted by Gasteiger charge is 2.64. The van der Waals surface area contributed by atoms with E-state index in [1.165, 1.54) is 24.3 Å². The predicted octanol–water partition coefficient (Wildman–Crippen LogP) is 0.331. The number of carbonyl (C=O) groups is 3. The number of sulfone groups is 1. The second-order valence-corrected chi connectivity index (χ2v) is 9.86. The lowest BCUT2D eigenvalue weighted by Crippen LogP contribution is -2.72. The zero-order valence-corrected chi connectivity index (χ0v) is 17.9. The molecule has 4 rings (SSSR count). The Morgan fingerprint density at radius 2 is 1.76 bits per heavy atom. The summed E-state index contributed by atoms with van der Waals surface area (Å²) >= 11 is 0. The monoisotopic (exact) mass is 473 g/mol. The molecule has 2 unspecified atom stereocenters. The molecule has 0 bridgehead atoms. The summed E-state index contributed by atoms with van der Waals surface area (Å²) in [4.78, 5) is 48.5. The fraction of sp³-hybridized carbons (Fsp3) is 0.286. The van der Waals surface area contributed by atoms with Crippen LogP contribution in [0.15, 0.2) is 54.6 Å². The number of esters is 1. The van der Waals surface area contributed by atoms with Crippen molar-refractivity contribution >= 4 is 33.3 Å². The van der Waals surface area contributed by atoms with Gasteiger partial charge in [0.15, 0.2) is 15.2 Å². The molecule has 0 radical (unpaired) electrons. The van der Waals surface area contributed by atoms with Gasteiger partial charge in [0, 0.05) is 12.1 Å². The number of nitro benzene ring substituents is 1. The molecule has 2 aromatic rings. The Kier molecular flexibility index (Phi) is 5.85. The number of rotatable bonds is 7. The number of fused-ring (bicyclic) bond motifs is 1. The Bertz CT molecular complexity index is 1210. The molecule has 2 saturated heterocycles. The van der Waals surface area contributed by atoms with Crippen molar-refractivity contribution in [3.8, 4) is 0 Å². The Balaban J connectivity index is 1.38. The molecule has 2 heterocycles. The Morgan fingerprint density at radius 1 is 1.09 bits per heavy atom. The lowest BCUT2D eigenvalue weighted by molar-refractivity contribution is -0.384. The number of nitrogens with zero attached hydrogens (tertiary/aromatic N) is 2. The molecule has 2 aliphatic heterocycles. The van der Waals surface area contributed by atoms with Gasteiger partial charge in [0.05, 0.1) is 17.1 Å². The van der Waals surface area contributed by atoms with Crippen LogP contribution in [-0.2, 0) is 42.0 Å². The van der Waals surface area contributed by atoms with E-state index in [0.29, 0.717) is 11.1 Å². The third kappa shape index (κ3) is 4.42. The van der Waals surface area contributed by atoms with Crippen molar-refractivity contribution in [2.75, 3.05) is 5.75 Å². The highest BCUT2D eigenvalue weighted by molar-refractivity contribution is 7.92. The maximum atomic E-state index is 12.6. The van der Waals surface area contributed by atoms with Crippen LogP contribution in [0.5, 0.6) is 0 Å². The highest BCUT2D eigenvalue weighted by Crippen LogP contribution is 2.36. The van der Waals surface area contributed by atoms with Crippen molar-refractivity contribution in [2.45, 2.75) is 30.5 Å². The summed E-state index contributed by atoms with van der Waals surface area (Å²) < 4.78 is 30.3. The summed E-state index contributed by atoms with van der Waals surface area (Å²) in [6, 6.07) is 11.5. The normalized spacial score (nSPS) is 22.7. The van der Waals surface area contributed by atoms with Gasteiger partial charge >= 0.3 is 5.97 Å². The molecule has 2 fully saturated rings. The van der Waals surface area contributed by atoms with E-state index in [2.05, 4.69) is 5.32 Å². The van der Waals surface area contributed by atoms with Gasteiger partial charge in [-0.3, -0.25) is 19.7 Å². The van der Waals surface area contributed by atoms with Gasteiger partial charge in [-0.1, -0.05) is 30.3 Å². The molecule has 172 valence electrons. The first kappa shape index (κ1) is 22.4. The van der Waals surface area contributed by atoms with Crippen molar-refractivity contribution < 1.29 is 32.5 Å². The van der Waals surface area contributed by atoms with E-state index in [4.69, 9.17) is 4.74 Å². The van der Waals surface area contributed by atoms with Crippen molar-refractivity contribution in [2.24, 2.45) is 0 Å². The fourth-order valence-corrected chi connectivity index (χ4v) is 6.01. The van der Waals surface area contributed by atoms with Crippen LogP contribution in [0.3, 0.4) is 0 Å². The molecule has 33 heavy (non-hydrogen) atoms. The van der Waals surface area contributed by atoms with Gasteiger partial charge in [0.25, 0.3) is 5.69 Å². The number of ether oxygens (including phenoxy) is 1. The highest BCUT2D eigenvalue weighted by atomic mass is 32.2. The molecule has 12 heteroatoms. The van der Waals surface area contributed by atoms with Crippen LogP contribution in [0.25, 0.3) is 0 Å². The molecule has 3 atom stereocenters. The van der Waals surface area contributed by atoms with E-state index >= 15 is 0 Å². The summed E-state index contributed by atoms with van der Waals surface area (Å²) in [6.45, 7) is -0.239. The van der Waals surface area contributed by atoms with Crippen LogP contribution < -0.4 is 5.32 Å². The van der Waals surface area contributed by atoms with E-state index in [0.717, 1.165) is 4.90 Å². The first-order valence-electron chi connectivity index (χ1n) is 9.94. The van der Waals surface area contributed by atoms with Gasteiger partial charge in [-0.25, -0.2) is 13.2 Å². The predicted molar refractivity (Wildman–Crippen MR) is 113 cm³/mol. The number of carbonyl (C=O) groups excluding carboxylic acids is 3. The minimum absolute atomic E-state index is 0.0158. The van der Waals surface area contributed by atoms with Crippen molar-refractivity contribution in [1.82, 2.24) is 10.2 Å². The standard InChI is InChI=1S/C21H19N3O8S/c25-17(10-13-4-2-1-3-5-13)22-18-19(26)23-16(12-33(30,31)20(18)23)21(27)32-11-14-6-8-15(9-7-14)24(28)29/h1-9,16,18,20H,10-12H2,(H,22,25)/t16?,18?,20-/m0/s1. The second-order valence-electron chi connectivity index (χ2n) is 7.72. The van der Waals surface area contributed by atoms with Crippen molar-refractivity contribution in [3.05, 3.63) is 75.8 Å². The number of benzene rings is 2. The first-order valence-corrected chi connectivity index (χ1v) is 11.7. The van der Waals surface area contributed by atoms with Crippen molar-refractivity contribution in [3.63, 3.8) is 0 Å². The van der Waals surface area contributed by atoms with Crippen LogP contribution in [0.4, 0.5) is 5.69 Å². The van der Waals surface area contributed by atoms with Crippen LogP contribution in [0, 0.1) is 10.1 Å². The molecular formula is C21H19N3O8S. The van der Waals surface area contributed by atoms with Gasteiger partial charge in [0.2, 0.25) is 11.8 Å². The van der Waals surface area contributed by atoms with Crippen LogP contribution >= 0.6 is 0 Å². The third-order valence-electron chi connectivity index (χ3n) is 5.50. The maximum Gasteiger partial charge on any atom is 0.330 e. The van der Waals surface area contributed by atoms with E-state index in [9.17, 15) is 32.9 Å². The summed E-state index contributed by atoms with van der Waals surface area (Å²) in [5.41, 5.74) is 1.05. The fourth-order valence-electron chi connectivity index (χ4n) is 3.88. The molecule has 2 aromatic carbocycles. The van der Waals surface area contributed by atoms with Gasteiger partial charge in [-0.2, -0.15) is 0 Å². The molecule has 0 spiro atoms. The number of amides is 2. The van der Waals surface area contributed by atoms with Crippen LogP contribution in [0.1, 0.15) is 11.1 Å².